The van der Waals surface area contributed by atoms with Crippen molar-refractivity contribution < 1.29 is 0 Å². The second kappa shape index (κ2) is 8.89. The Bertz CT molecular complexity index is 1150. The minimum atomic E-state index is 0.517. The van der Waals surface area contributed by atoms with Crippen molar-refractivity contribution in [3.05, 3.63) is 108 Å². The van der Waals surface area contributed by atoms with Gasteiger partial charge in [0.05, 0.1) is 11.6 Å². The summed E-state index contributed by atoms with van der Waals surface area (Å²) in [5, 5.41) is 12.2. The Hall–Kier alpha value is -4.17. The Labute approximate surface area is 176 Å². The highest BCUT2D eigenvalue weighted by Gasteiger charge is 2.14. The largest absolute Gasteiger partial charge is 0.324 e. The second-order valence-corrected chi connectivity index (χ2v) is 6.91. The molecule has 1 heterocycles. The first-order chi connectivity index (χ1) is 14.7. The first-order valence-corrected chi connectivity index (χ1v) is 9.71. The van der Waals surface area contributed by atoms with Crippen molar-refractivity contribution in [3.8, 4) is 6.07 Å². The van der Waals surface area contributed by atoms with Crippen LogP contribution in [-0.2, 0) is 6.54 Å². The minimum absolute atomic E-state index is 0.517. The van der Waals surface area contributed by atoms with Gasteiger partial charge in [-0.15, -0.1) is 0 Å². The summed E-state index contributed by atoms with van der Waals surface area (Å²) < 4.78 is 0. The summed E-state index contributed by atoms with van der Waals surface area (Å²) in [6.45, 7) is 2.65. The standard InChI is InChI=1S/C25H21N5/c1-19-16-24(29-25(27-19)28-22-14-12-20(17-26)13-15-22)30(23-10-6-3-7-11-23)18-21-8-4-2-5-9-21/h2-16H,18H2,1H3,(H,27,28,29). The van der Waals surface area contributed by atoms with Crippen molar-refractivity contribution >= 4 is 23.1 Å². The third kappa shape index (κ3) is 4.62. The number of rotatable bonds is 6. The summed E-state index contributed by atoms with van der Waals surface area (Å²) in [6, 6.07) is 31.9. The van der Waals surface area contributed by atoms with Crippen LogP contribution in [0.15, 0.2) is 91.0 Å². The number of anilines is 4. The van der Waals surface area contributed by atoms with E-state index in [-0.39, 0.29) is 0 Å². The molecule has 0 unspecified atom stereocenters. The highest BCUT2D eigenvalue weighted by molar-refractivity contribution is 5.63. The van der Waals surface area contributed by atoms with E-state index in [1.54, 1.807) is 12.1 Å². The lowest BCUT2D eigenvalue weighted by Gasteiger charge is -2.25. The Morgan fingerprint density at radius 3 is 2.20 bits per heavy atom. The van der Waals surface area contributed by atoms with E-state index >= 15 is 0 Å². The van der Waals surface area contributed by atoms with Gasteiger partial charge in [0, 0.05) is 29.7 Å². The van der Waals surface area contributed by atoms with Crippen LogP contribution in [0, 0.1) is 18.3 Å². The molecule has 0 amide bonds. The average molecular weight is 391 g/mol. The Balaban J connectivity index is 1.68. The van der Waals surface area contributed by atoms with E-state index in [0.717, 1.165) is 22.9 Å². The number of hydrogen-bond acceptors (Lipinski definition) is 5. The lowest BCUT2D eigenvalue weighted by atomic mass is 10.2. The van der Waals surface area contributed by atoms with Gasteiger partial charge in [0.1, 0.15) is 5.82 Å². The Morgan fingerprint density at radius 1 is 0.867 bits per heavy atom. The lowest BCUT2D eigenvalue weighted by Crippen LogP contribution is -2.18. The molecular weight excluding hydrogens is 370 g/mol. The zero-order valence-electron chi connectivity index (χ0n) is 16.7. The smallest absolute Gasteiger partial charge is 0.229 e. The molecule has 0 aliphatic carbocycles. The Kier molecular flexibility index (Phi) is 5.68. The van der Waals surface area contributed by atoms with Gasteiger partial charge >= 0.3 is 0 Å². The molecule has 0 aliphatic rings. The molecule has 0 saturated carbocycles. The topological polar surface area (TPSA) is 64.8 Å². The number of aryl methyl sites for hydroxylation is 1. The van der Waals surface area contributed by atoms with E-state index < -0.39 is 0 Å². The van der Waals surface area contributed by atoms with E-state index in [9.17, 15) is 0 Å². The van der Waals surface area contributed by atoms with Crippen molar-refractivity contribution in [2.75, 3.05) is 10.2 Å². The predicted octanol–water partition coefficient (Wildman–Crippen LogP) is 5.74. The van der Waals surface area contributed by atoms with E-state index in [1.807, 2.05) is 61.5 Å². The molecule has 4 aromatic rings. The number of aromatic nitrogens is 2. The first-order valence-electron chi connectivity index (χ1n) is 9.71. The molecular formula is C25H21N5. The number of nitriles is 1. The minimum Gasteiger partial charge on any atom is -0.324 e. The molecule has 146 valence electrons. The van der Waals surface area contributed by atoms with Crippen LogP contribution in [0.25, 0.3) is 0 Å². The van der Waals surface area contributed by atoms with Gasteiger partial charge in [0.25, 0.3) is 0 Å². The molecule has 3 aromatic carbocycles. The molecule has 0 radical (unpaired) electrons. The summed E-state index contributed by atoms with van der Waals surface area (Å²) in [7, 11) is 0. The van der Waals surface area contributed by atoms with Crippen molar-refractivity contribution in [1.29, 1.82) is 5.26 Å². The molecule has 0 atom stereocenters. The van der Waals surface area contributed by atoms with Gasteiger partial charge in [-0.1, -0.05) is 48.5 Å². The van der Waals surface area contributed by atoms with Gasteiger partial charge in [-0.25, -0.2) is 4.98 Å². The summed E-state index contributed by atoms with van der Waals surface area (Å²) in [5.74, 6) is 1.33. The maximum atomic E-state index is 8.98. The number of para-hydroxylation sites is 1. The molecule has 0 aliphatic heterocycles. The highest BCUT2D eigenvalue weighted by atomic mass is 15.2. The first kappa shape index (κ1) is 19.2. The van der Waals surface area contributed by atoms with Gasteiger partial charge in [-0.2, -0.15) is 10.2 Å². The van der Waals surface area contributed by atoms with Crippen LogP contribution >= 0.6 is 0 Å². The van der Waals surface area contributed by atoms with Gasteiger partial charge in [-0.05, 0) is 48.9 Å². The van der Waals surface area contributed by atoms with Crippen LogP contribution in [-0.4, -0.2) is 9.97 Å². The normalized spacial score (nSPS) is 10.3. The molecule has 5 nitrogen and oxygen atoms in total. The van der Waals surface area contributed by atoms with Crippen LogP contribution in [0.2, 0.25) is 0 Å². The fraction of sp³-hybridized carbons (Fsp3) is 0.0800. The summed E-state index contributed by atoms with van der Waals surface area (Å²) in [4.78, 5) is 11.5. The SMILES string of the molecule is Cc1cc(N(Cc2ccccc2)c2ccccc2)nc(Nc2ccc(C#N)cc2)n1. The predicted molar refractivity (Wildman–Crippen MR) is 120 cm³/mol. The van der Waals surface area contributed by atoms with E-state index in [4.69, 9.17) is 10.2 Å². The molecule has 0 fully saturated rings. The summed E-state index contributed by atoms with van der Waals surface area (Å²) in [5.41, 5.74) is 4.57. The van der Waals surface area contributed by atoms with Gasteiger partial charge < -0.3 is 10.2 Å². The molecule has 5 heteroatoms. The molecule has 30 heavy (non-hydrogen) atoms. The van der Waals surface area contributed by atoms with Crippen LogP contribution in [0.3, 0.4) is 0 Å². The second-order valence-electron chi connectivity index (χ2n) is 6.91. The third-order valence-electron chi connectivity index (χ3n) is 4.64. The van der Waals surface area contributed by atoms with Crippen molar-refractivity contribution in [3.63, 3.8) is 0 Å². The third-order valence-corrected chi connectivity index (χ3v) is 4.64. The van der Waals surface area contributed by atoms with Crippen LogP contribution in [0.5, 0.6) is 0 Å². The fourth-order valence-corrected chi connectivity index (χ4v) is 3.18. The monoisotopic (exact) mass is 391 g/mol. The van der Waals surface area contributed by atoms with E-state index in [1.165, 1.54) is 5.56 Å². The van der Waals surface area contributed by atoms with E-state index in [0.29, 0.717) is 18.1 Å². The maximum Gasteiger partial charge on any atom is 0.229 e. The quantitative estimate of drug-likeness (QED) is 0.454. The highest BCUT2D eigenvalue weighted by Crippen LogP contribution is 2.28. The van der Waals surface area contributed by atoms with Crippen molar-refractivity contribution in [2.24, 2.45) is 0 Å². The fourth-order valence-electron chi connectivity index (χ4n) is 3.18. The maximum absolute atomic E-state index is 8.98. The van der Waals surface area contributed by atoms with Gasteiger partial charge in [-0.3, -0.25) is 0 Å². The van der Waals surface area contributed by atoms with Crippen LogP contribution in [0.1, 0.15) is 16.8 Å². The molecule has 0 spiro atoms. The van der Waals surface area contributed by atoms with Crippen LogP contribution < -0.4 is 10.2 Å². The molecule has 0 bridgehead atoms. The molecule has 0 saturated heterocycles. The zero-order chi connectivity index (χ0) is 20.8. The molecule has 1 N–H and O–H groups in total. The number of nitrogens with zero attached hydrogens (tertiary/aromatic N) is 4. The average Bonchev–Trinajstić information content (AvgIpc) is 2.79. The van der Waals surface area contributed by atoms with Gasteiger partial charge in [0.15, 0.2) is 0 Å². The van der Waals surface area contributed by atoms with Crippen molar-refractivity contribution in [2.45, 2.75) is 13.5 Å². The number of hydrogen-bond donors (Lipinski definition) is 1. The Morgan fingerprint density at radius 2 is 1.53 bits per heavy atom. The van der Waals surface area contributed by atoms with Crippen molar-refractivity contribution in [1.82, 2.24) is 9.97 Å². The van der Waals surface area contributed by atoms with Crippen LogP contribution in [0.4, 0.5) is 23.1 Å². The number of benzene rings is 3. The summed E-state index contributed by atoms with van der Waals surface area (Å²) >= 11 is 0. The van der Waals surface area contributed by atoms with E-state index in [2.05, 4.69) is 45.5 Å². The molecule has 4 rings (SSSR count). The van der Waals surface area contributed by atoms with Gasteiger partial charge in [0.2, 0.25) is 5.95 Å². The number of nitrogens with one attached hydrogen (secondary N) is 1. The molecule has 1 aromatic heterocycles. The zero-order valence-corrected chi connectivity index (χ0v) is 16.7. The summed E-state index contributed by atoms with van der Waals surface area (Å²) in [6.07, 6.45) is 0. The lowest BCUT2D eigenvalue weighted by molar-refractivity contribution is 0.934.